The van der Waals surface area contributed by atoms with Gasteiger partial charge in [0.15, 0.2) is 25.3 Å². The zero-order valence-corrected chi connectivity index (χ0v) is 28.7. The summed E-state index contributed by atoms with van der Waals surface area (Å²) in [6.45, 7) is 2.83. The second-order valence-corrected chi connectivity index (χ2v) is 18.6. The number of alkyl halides is 2. The number of nitrogens with one attached hydrogen (secondary N) is 2. The van der Waals surface area contributed by atoms with Gasteiger partial charge in [-0.2, -0.15) is 8.78 Å². The van der Waals surface area contributed by atoms with Gasteiger partial charge in [0.05, 0.1) is 0 Å². The van der Waals surface area contributed by atoms with Crippen LogP contribution in [-0.2, 0) is 45.8 Å². The lowest BCUT2D eigenvalue weighted by molar-refractivity contribution is -0.142. The molecule has 49 heavy (non-hydrogen) atoms. The van der Waals surface area contributed by atoms with Crippen molar-refractivity contribution in [3.63, 3.8) is 0 Å². The first kappa shape index (κ1) is 39.5. The maximum atomic E-state index is 14.8. The van der Waals surface area contributed by atoms with Gasteiger partial charge in [0.1, 0.15) is 12.5 Å². The van der Waals surface area contributed by atoms with E-state index in [9.17, 15) is 65.8 Å². The van der Waals surface area contributed by atoms with Crippen LogP contribution in [0.5, 0.6) is 0 Å². The van der Waals surface area contributed by atoms with Gasteiger partial charge in [-0.05, 0) is 26.7 Å². The molecule has 4 rings (SSSR count). The molecule has 2 aliphatic heterocycles. The minimum atomic E-state index is -7.00. The number of halogens is 2. The van der Waals surface area contributed by atoms with Crippen LogP contribution in [-0.4, -0.2) is 69.4 Å². The van der Waals surface area contributed by atoms with Crippen LogP contribution in [0.15, 0.2) is 31.3 Å². The fourth-order valence-electron chi connectivity index (χ4n) is 4.77. The maximum Gasteiger partial charge on any atom is 0.444 e. The normalized spacial score (nSPS) is 26.4. The van der Waals surface area contributed by atoms with Crippen LogP contribution in [0.25, 0.3) is 0 Å². The number of aryl methyl sites for hydroxylation is 2. The average molecular weight is 788 g/mol. The molecule has 8 unspecified atom stereocenters. The third-order valence-corrected chi connectivity index (χ3v) is 14.5. The van der Waals surface area contributed by atoms with E-state index in [2.05, 4.69) is 8.62 Å². The van der Waals surface area contributed by atoms with Crippen LogP contribution < -0.4 is 22.5 Å². The van der Waals surface area contributed by atoms with Gasteiger partial charge in [0.25, 0.3) is 11.1 Å². The number of H-pyrrole nitrogens is 2. The standard InChI is InChI=1S/C21H30F2N4O18P4/c1-11-7-13(28)24-19(30)26(11)15-3-5-17(42-15)40-9-46(32,33)44-48(36,37)21(22,23)49(38,39)45-47(34,35)10-41-18-6-4-16(43-18)27-12(2)8-14(29)25-20(27)31/h7-8,15-18H,3-6,9-10H2,1-2H3,(H,32,33)(H,34,35)(H,36,37)(H,38,39)(H,24,28,30)(H,25,29,31). The summed E-state index contributed by atoms with van der Waals surface area (Å²) in [6, 6.07) is 2.17. The van der Waals surface area contributed by atoms with Gasteiger partial charge in [0.2, 0.25) is 0 Å². The summed E-state index contributed by atoms with van der Waals surface area (Å²) in [5.74, 6) is 0. The highest BCUT2D eigenvalue weighted by atomic mass is 31.3. The Bertz CT molecular complexity index is 1870. The van der Waals surface area contributed by atoms with Crippen molar-refractivity contribution in [2.24, 2.45) is 0 Å². The third-order valence-electron chi connectivity index (χ3n) is 6.83. The Hall–Kier alpha value is -2.26. The number of hydrogen-bond donors (Lipinski definition) is 6. The number of aromatic nitrogens is 4. The molecule has 6 N–H and O–H groups in total. The van der Waals surface area contributed by atoms with Crippen molar-refractivity contribution in [3.8, 4) is 0 Å². The van der Waals surface area contributed by atoms with Crippen LogP contribution in [0, 0.1) is 13.8 Å². The lowest BCUT2D eigenvalue weighted by Crippen LogP contribution is -2.34. The van der Waals surface area contributed by atoms with Crippen LogP contribution in [0.2, 0.25) is 0 Å². The first-order valence-corrected chi connectivity index (χ1v) is 20.4. The van der Waals surface area contributed by atoms with Gasteiger partial charge in [0, 0.05) is 36.4 Å². The van der Waals surface area contributed by atoms with Crippen molar-refractivity contribution in [1.29, 1.82) is 0 Å². The Morgan fingerprint density at radius 1 is 0.735 bits per heavy atom. The fourth-order valence-corrected chi connectivity index (χ4v) is 11.3. The molecule has 0 saturated carbocycles. The molecule has 0 spiro atoms. The van der Waals surface area contributed by atoms with Crippen molar-refractivity contribution >= 4 is 30.4 Å². The first-order chi connectivity index (χ1) is 22.4. The molecule has 2 aromatic rings. The average Bonchev–Trinajstić information content (AvgIpc) is 3.59. The van der Waals surface area contributed by atoms with Crippen LogP contribution >= 0.6 is 30.4 Å². The molecule has 2 aromatic heterocycles. The Morgan fingerprint density at radius 3 is 1.41 bits per heavy atom. The van der Waals surface area contributed by atoms with E-state index in [1.807, 2.05) is 9.97 Å². The molecule has 28 heteroatoms. The predicted molar refractivity (Wildman–Crippen MR) is 157 cm³/mol. The molecule has 8 atom stereocenters. The van der Waals surface area contributed by atoms with Crippen molar-refractivity contribution in [2.75, 3.05) is 12.7 Å². The third kappa shape index (κ3) is 9.16. The number of aromatic amines is 2. The molecule has 0 bridgehead atoms. The Kier molecular flexibility index (Phi) is 11.6. The molecule has 0 aliphatic carbocycles. The predicted octanol–water partition coefficient (Wildman–Crippen LogP) is 1.25. The van der Waals surface area contributed by atoms with E-state index in [1.165, 1.54) is 13.8 Å². The summed E-state index contributed by atoms with van der Waals surface area (Å²) >= 11 is 0. The summed E-state index contributed by atoms with van der Waals surface area (Å²) < 4.78 is 109. The highest BCUT2D eigenvalue weighted by Crippen LogP contribution is 2.81. The lowest BCUT2D eigenvalue weighted by Gasteiger charge is -2.28. The van der Waals surface area contributed by atoms with Gasteiger partial charge in [-0.1, -0.05) is 0 Å². The molecule has 0 radical (unpaired) electrons. The molecule has 22 nitrogen and oxygen atoms in total. The van der Waals surface area contributed by atoms with Gasteiger partial charge >= 0.3 is 47.2 Å². The molecule has 0 aromatic carbocycles. The molecular weight excluding hydrogens is 758 g/mol. The quantitative estimate of drug-likeness (QED) is 0.147. The number of rotatable bonds is 14. The van der Waals surface area contributed by atoms with E-state index >= 15 is 0 Å². The minimum Gasteiger partial charge on any atom is -0.340 e. The largest absolute Gasteiger partial charge is 0.444 e. The van der Waals surface area contributed by atoms with Crippen LogP contribution in [0.3, 0.4) is 0 Å². The number of nitrogens with zero attached hydrogens (tertiary/aromatic N) is 2. The van der Waals surface area contributed by atoms with E-state index in [4.69, 9.17) is 18.9 Å². The molecule has 276 valence electrons. The summed E-state index contributed by atoms with van der Waals surface area (Å²) in [5.41, 5.74) is -2.70. The Balaban J connectivity index is 1.33. The summed E-state index contributed by atoms with van der Waals surface area (Å²) in [6.07, 6.45) is -8.03. The zero-order valence-electron chi connectivity index (χ0n) is 25.2. The number of ether oxygens (including phenoxy) is 4. The Morgan fingerprint density at radius 2 is 1.08 bits per heavy atom. The van der Waals surface area contributed by atoms with Crippen molar-refractivity contribution in [2.45, 2.75) is 70.0 Å². The van der Waals surface area contributed by atoms with E-state index in [-0.39, 0.29) is 37.1 Å². The van der Waals surface area contributed by atoms with E-state index in [0.29, 0.717) is 0 Å². The summed E-state index contributed by atoms with van der Waals surface area (Å²) in [7, 11) is -25.4. The van der Waals surface area contributed by atoms with Gasteiger partial charge in [-0.25, -0.2) is 18.2 Å². The zero-order chi connectivity index (χ0) is 36.7. The van der Waals surface area contributed by atoms with Crippen LogP contribution in [0.1, 0.15) is 49.5 Å². The summed E-state index contributed by atoms with van der Waals surface area (Å²) in [5, 5.41) is -5.97. The SMILES string of the molecule is Cc1cc(=O)[nH]c(=O)n1C1CCC(OCP(=O)(O)OP(=O)(O)C(F)(F)P(=O)(O)OP(=O)(O)COC2CCC(n3c(C)cc(=O)[nH]c3=O)O2)O1. The van der Waals surface area contributed by atoms with Gasteiger partial charge < -0.3 is 38.5 Å². The highest BCUT2D eigenvalue weighted by Gasteiger charge is 2.69. The van der Waals surface area contributed by atoms with Crippen molar-refractivity contribution < 1.29 is 74.2 Å². The first-order valence-electron chi connectivity index (χ1n) is 13.7. The Labute approximate surface area is 271 Å². The molecule has 0 amide bonds. The monoisotopic (exact) mass is 788 g/mol. The summed E-state index contributed by atoms with van der Waals surface area (Å²) in [4.78, 5) is 90.5. The van der Waals surface area contributed by atoms with Crippen molar-refractivity contribution in [1.82, 2.24) is 19.1 Å². The van der Waals surface area contributed by atoms with E-state index < -0.39 is 96.0 Å². The number of hydrogen-bond acceptors (Lipinski definition) is 14. The molecule has 4 heterocycles. The molecule has 2 aliphatic rings. The molecule has 2 fully saturated rings. The second-order valence-electron chi connectivity index (χ2n) is 10.7. The van der Waals surface area contributed by atoms with E-state index in [1.54, 1.807) is 0 Å². The second kappa shape index (κ2) is 14.4. The highest BCUT2D eigenvalue weighted by molar-refractivity contribution is 7.79. The van der Waals surface area contributed by atoms with Gasteiger partial charge in [-0.3, -0.25) is 47.0 Å². The molecule has 2 saturated heterocycles. The lowest BCUT2D eigenvalue weighted by atomic mass is 10.3. The van der Waals surface area contributed by atoms with Crippen molar-refractivity contribution in [3.05, 3.63) is 65.2 Å². The van der Waals surface area contributed by atoms with Crippen LogP contribution in [0.4, 0.5) is 8.78 Å². The maximum absolute atomic E-state index is 14.8. The minimum absolute atomic E-state index is 0.0583. The smallest absolute Gasteiger partial charge is 0.340 e. The topological polar surface area (TPSA) is 314 Å². The molecular formula is C21H30F2N4O18P4. The van der Waals surface area contributed by atoms with E-state index in [0.717, 1.165) is 21.3 Å². The van der Waals surface area contributed by atoms with Gasteiger partial charge in [-0.15, -0.1) is 0 Å². The fraction of sp³-hybridized carbons (Fsp3) is 0.619.